The molecule has 1 aliphatic rings. The number of ether oxygens (including phenoxy) is 2. The quantitative estimate of drug-likeness (QED) is 0.238. The van der Waals surface area contributed by atoms with Crippen LogP contribution in [0.25, 0.3) is 0 Å². The second kappa shape index (κ2) is 9.94. The molecule has 3 rings (SSSR count). The van der Waals surface area contributed by atoms with Gasteiger partial charge < -0.3 is 14.8 Å². The van der Waals surface area contributed by atoms with E-state index in [0.29, 0.717) is 4.90 Å². The number of amides is 3. The number of rotatable bonds is 9. The Morgan fingerprint density at radius 3 is 2.43 bits per heavy atom. The highest BCUT2D eigenvalue weighted by atomic mass is 16.6. The molecule has 0 saturated heterocycles. The van der Waals surface area contributed by atoms with E-state index < -0.39 is 58.3 Å². The summed E-state index contributed by atoms with van der Waals surface area (Å²) in [5.41, 5.74) is -1.33. The maximum absolute atomic E-state index is 12.5. The first-order valence-corrected chi connectivity index (χ1v) is 10.0. The molecule has 1 atom stereocenters. The molecular weight excluding hydrogens is 468 g/mol. The summed E-state index contributed by atoms with van der Waals surface area (Å²) < 4.78 is 10.1. The molecule has 1 N–H and O–H groups in total. The highest BCUT2D eigenvalue weighted by molar-refractivity contribution is 6.23. The molecule has 0 aromatic heterocycles. The second-order valence-electron chi connectivity index (χ2n) is 7.23. The number of nitrogens with one attached hydrogen (secondary N) is 1. The van der Waals surface area contributed by atoms with Crippen LogP contribution in [-0.2, 0) is 14.3 Å². The Bertz CT molecular complexity index is 1260. The van der Waals surface area contributed by atoms with E-state index in [0.717, 1.165) is 12.1 Å². The van der Waals surface area contributed by atoms with E-state index in [2.05, 4.69) is 5.32 Å². The number of anilines is 1. The Balaban J connectivity index is 1.61. The number of nitrogens with zero attached hydrogens (tertiary/aromatic N) is 3. The Kier molecular flexibility index (Phi) is 7.03. The van der Waals surface area contributed by atoms with Gasteiger partial charge in [-0.1, -0.05) is 6.07 Å². The van der Waals surface area contributed by atoms with Gasteiger partial charge in [0.15, 0.2) is 6.10 Å². The van der Waals surface area contributed by atoms with Crippen LogP contribution in [0.2, 0.25) is 0 Å². The van der Waals surface area contributed by atoms with Crippen LogP contribution in [0.3, 0.4) is 0 Å². The van der Waals surface area contributed by atoms with Crippen molar-refractivity contribution >= 4 is 40.8 Å². The lowest BCUT2D eigenvalue weighted by molar-refractivity contribution is -0.385. The van der Waals surface area contributed by atoms with E-state index in [9.17, 15) is 39.4 Å². The predicted molar refractivity (Wildman–Crippen MR) is 117 cm³/mol. The molecule has 1 heterocycles. The Hall–Kier alpha value is -4.88. The molecule has 0 aliphatic carbocycles. The van der Waals surface area contributed by atoms with Crippen molar-refractivity contribution in [3.8, 4) is 5.75 Å². The first-order chi connectivity index (χ1) is 16.5. The van der Waals surface area contributed by atoms with Crippen molar-refractivity contribution in [3.05, 3.63) is 67.8 Å². The SMILES string of the molecule is COc1ccc([N+](=O)[O-])cc1NC(=O)C(C)OC(=O)CCN1C(=O)c2cccc([N+](=O)[O-])c2C1=O. The fourth-order valence-corrected chi connectivity index (χ4v) is 3.33. The molecule has 182 valence electrons. The van der Waals surface area contributed by atoms with Crippen molar-refractivity contribution in [3.63, 3.8) is 0 Å². The zero-order valence-electron chi connectivity index (χ0n) is 18.4. The number of imide groups is 1. The molecule has 2 aromatic carbocycles. The maximum Gasteiger partial charge on any atom is 0.308 e. The van der Waals surface area contributed by atoms with Gasteiger partial charge in [-0.2, -0.15) is 0 Å². The van der Waals surface area contributed by atoms with Crippen LogP contribution in [0.5, 0.6) is 5.75 Å². The summed E-state index contributed by atoms with van der Waals surface area (Å²) in [6.45, 7) is 0.831. The van der Waals surface area contributed by atoms with Crippen LogP contribution in [0.1, 0.15) is 34.1 Å². The molecule has 0 fully saturated rings. The second-order valence-corrected chi connectivity index (χ2v) is 7.23. The number of carbonyl (C=O) groups excluding carboxylic acids is 4. The molecule has 0 bridgehead atoms. The van der Waals surface area contributed by atoms with E-state index in [1.165, 1.54) is 38.3 Å². The van der Waals surface area contributed by atoms with Crippen LogP contribution in [0, 0.1) is 20.2 Å². The standard InChI is InChI=1S/C21H18N4O10/c1-11(19(27)22-14-10-12(24(30)31)6-7-16(14)34-2)35-17(26)8-9-23-20(28)13-4-3-5-15(25(32)33)18(13)21(23)29/h3-7,10-11H,8-9H2,1-2H3,(H,22,27). The van der Waals surface area contributed by atoms with Crippen molar-refractivity contribution < 1.29 is 38.5 Å². The molecule has 0 spiro atoms. The highest BCUT2D eigenvalue weighted by Crippen LogP contribution is 2.31. The van der Waals surface area contributed by atoms with E-state index >= 15 is 0 Å². The Labute approximate surface area is 196 Å². The number of esters is 1. The third-order valence-corrected chi connectivity index (χ3v) is 5.04. The molecule has 1 unspecified atom stereocenters. The number of carbonyl (C=O) groups is 4. The number of hydrogen-bond donors (Lipinski definition) is 1. The topological polar surface area (TPSA) is 188 Å². The summed E-state index contributed by atoms with van der Waals surface area (Å²) >= 11 is 0. The molecule has 14 heteroatoms. The van der Waals surface area contributed by atoms with E-state index in [-0.39, 0.29) is 28.3 Å². The minimum absolute atomic E-state index is 0.0118. The Morgan fingerprint density at radius 1 is 1.09 bits per heavy atom. The van der Waals surface area contributed by atoms with Gasteiger partial charge in [0.1, 0.15) is 11.3 Å². The molecule has 0 saturated carbocycles. The lowest BCUT2D eigenvalue weighted by Gasteiger charge is -2.16. The van der Waals surface area contributed by atoms with E-state index in [4.69, 9.17) is 9.47 Å². The van der Waals surface area contributed by atoms with Crippen molar-refractivity contribution in [1.29, 1.82) is 0 Å². The number of hydrogen-bond acceptors (Lipinski definition) is 10. The molecular formula is C21H18N4O10. The first-order valence-electron chi connectivity index (χ1n) is 10.0. The van der Waals surface area contributed by atoms with Crippen LogP contribution in [-0.4, -0.2) is 58.2 Å². The van der Waals surface area contributed by atoms with Gasteiger partial charge >= 0.3 is 5.97 Å². The zero-order valence-corrected chi connectivity index (χ0v) is 18.4. The zero-order chi connectivity index (χ0) is 25.9. The minimum atomic E-state index is -1.34. The molecule has 1 aliphatic heterocycles. The van der Waals surface area contributed by atoms with E-state index in [1.807, 2.05) is 0 Å². The van der Waals surface area contributed by atoms with Crippen LogP contribution in [0.4, 0.5) is 17.1 Å². The van der Waals surface area contributed by atoms with Gasteiger partial charge in [0.25, 0.3) is 29.1 Å². The number of fused-ring (bicyclic) bond motifs is 1. The van der Waals surface area contributed by atoms with Gasteiger partial charge in [-0.3, -0.25) is 44.3 Å². The number of nitro groups is 2. The average Bonchev–Trinajstić information content (AvgIpc) is 3.06. The predicted octanol–water partition coefficient (Wildman–Crippen LogP) is 2.07. The fourth-order valence-electron chi connectivity index (χ4n) is 3.33. The summed E-state index contributed by atoms with van der Waals surface area (Å²) in [6, 6.07) is 7.19. The summed E-state index contributed by atoms with van der Waals surface area (Å²) in [6.07, 6.45) is -1.81. The van der Waals surface area contributed by atoms with Crippen molar-refractivity contribution in [1.82, 2.24) is 4.90 Å². The van der Waals surface area contributed by atoms with Crippen LogP contribution >= 0.6 is 0 Å². The fraction of sp³-hybridized carbons (Fsp3) is 0.238. The van der Waals surface area contributed by atoms with Gasteiger partial charge in [-0.05, 0) is 19.1 Å². The monoisotopic (exact) mass is 486 g/mol. The number of methoxy groups -OCH3 is 1. The van der Waals surface area contributed by atoms with Crippen LogP contribution < -0.4 is 10.1 Å². The average molecular weight is 486 g/mol. The molecule has 14 nitrogen and oxygen atoms in total. The molecule has 0 radical (unpaired) electrons. The van der Waals surface area contributed by atoms with Gasteiger partial charge in [-0.15, -0.1) is 0 Å². The molecule has 3 amide bonds. The van der Waals surface area contributed by atoms with Crippen molar-refractivity contribution in [2.24, 2.45) is 0 Å². The largest absolute Gasteiger partial charge is 0.495 e. The van der Waals surface area contributed by atoms with Gasteiger partial charge in [-0.25, -0.2) is 0 Å². The summed E-state index contributed by atoms with van der Waals surface area (Å²) in [4.78, 5) is 71.0. The molecule has 35 heavy (non-hydrogen) atoms. The third-order valence-electron chi connectivity index (χ3n) is 5.04. The smallest absolute Gasteiger partial charge is 0.308 e. The van der Waals surface area contributed by atoms with Crippen molar-refractivity contribution in [2.75, 3.05) is 19.0 Å². The first kappa shape index (κ1) is 24.8. The molecule has 2 aromatic rings. The number of nitro benzene ring substituents is 2. The van der Waals surface area contributed by atoms with Gasteiger partial charge in [0.05, 0.1) is 34.6 Å². The van der Waals surface area contributed by atoms with Gasteiger partial charge in [0.2, 0.25) is 0 Å². The lowest BCUT2D eigenvalue weighted by atomic mass is 10.1. The van der Waals surface area contributed by atoms with Gasteiger partial charge in [0, 0.05) is 24.7 Å². The summed E-state index contributed by atoms with van der Waals surface area (Å²) in [5.74, 6) is -3.29. The normalized spacial score (nSPS) is 13.1. The Morgan fingerprint density at radius 2 is 1.80 bits per heavy atom. The third kappa shape index (κ3) is 5.05. The van der Waals surface area contributed by atoms with Crippen LogP contribution in [0.15, 0.2) is 36.4 Å². The maximum atomic E-state index is 12.5. The highest BCUT2D eigenvalue weighted by Gasteiger charge is 2.41. The number of non-ortho nitro benzene ring substituents is 1. The van der Waals surface area contributed by atoms with Crippen molar-refractivity contribution in [2.45, 2.75) is 19.4 Å². The summed E-state index contributed by atoms with van der Waals surface area (Å²) in [5, 5.41) is 24.5. The summed E-state index contributed by atoms with van der Waals surface area (Å²) in [7, 11) is 1.30. The van der Waals surface area contributed by atoms with E-state index in [1.54, 1.807) is 0 Å². The number of benzene rings is 2. The lowest BCUT2D eigenvalue weighted by Crippen LogP contribution is -2.34. The minimum Gasteiger partial charge on any atom is -0.495 e.